The average molecular weight is 345 g/mol. The van der Waals surface area contributed by atoms with Crippen molar-refractivity contribution in [3.63, 3.8) is 0 Å². The third-order valence-electron chi connectivity index (χ3n) is 3.40. The molecule has 21 heavy (non-hydrogen) atoms. The topological polar surface area (TPSA) is 35.5 Å². The average Bonchev–Trinajstić information content (AvgIpc) is 2.43. The van der Waals surface area contributed by atoms with Gasteiger partial charge in [-0.25, -0.2) is 13.2 Å². The molecule has 1 saturated heterocycles. The molecule has 2 rings (SSSR count). The van der Waals surface area contributed by atoms with Crippen molar-refractivity contribution in [1.29, 1.82) is 0 Å². The van der Waals surface area contributed by atoms with E-state index in [1.165, 1.54) is 17.0 Å². The number of hydrogen-bond donors (Lipinski definition) is 2. The standard InChI is InChI=1S/C13H16ClF3N2O.ClH/c14-9-2-1-3-10(15)11(9)12(13(16,17)8-20)19-6-4-18-5-7-19;/h1-3,12,18,20H,4-8H2;1H/t12-;/m1./s1. The Kier molecular flexibility index (Phi) is 6.74. The fourth-order valence-electron chi connectivity index (χ4n) is 2.46. The smallest absolute Gasteiger partial charge is 0.290 e. The van der Waals surface area contributed by atoms with Crippen LogP contribution in [0.4, 0.5) is 13.2 Å². The fourth-order valence-corrected chi connectivity index (χ4v) is 2.73. The predicted octanol–water partition coefficient (Wildman–Crippen LogP) is 2.47. The molecule has 2 N–H and O–H groups in total. The van der Waals surface area contributed by atoms with Gasteiger partial charge in [-0.3, -0.25) is 4.90 Å². The van der Waals surface area contributed by atoms with Gasteiger partial charge >= 0.3 is 0 Å². The van der Waals surface area contributed by atoms with Crippen LogP contribution in [0.15, 0.2) is 18.2 Å². The van der Waals surface area contributed by atoms with Crippen LogP contribution < -0.4 is 5.32 Å². The molecule has 8 heteroatoms. The van der Waals surface area contributed by atoms with Crippen LogP contribution in [0, 0.1) is 5.82 Å². The maximum atomic E-state index is 14.1. The lowest BCUT2D eigenvalue weighted by molar-refractivity contribution is -0.119. The van der Waals surface area contributed by atoms with E-state index in [0.29, 0.717) is 26.2 Å². The van der Waals surface area contributed by atoms with E-state index in [-0.39, 0.29) is 23.0 Å². The minimum atomic E-state index is -3.47. The first kappa shape index (κ1) is 18.5. The second-order valence-electron chi connectivity index (χ2n) is 4.74. The molecule has 1 aliphatic heterocycles. The minimum Gasteiger partial charge on any atom is -0.390 e. The molecule has 0 amide bonds. The van der Waals surface area contributed by atoms with Gasteiger partial charge in [0.25, 0.3) is 5.92 Å². The lowest BCUT2D eigenvalue weighted by Gasteiger charge is -2.39. The number of aliphatic hydroxyl groups is 1. The summed E-state index contributed by atoms with van der Waals surface area (Å²) < 4.78 is 42.2. The van der Waals surface area contributed by atoms with Crippen molar-refractivity contribution < 1.29 is 18.3 Å². The Balaban J connectivity index is 0.00000220. The Labute approximate surface area is 132 Å². The largest absolute Gasteiger partial charge is 0.390 e. The molecule has 0 spiro atoms. The van der Waals surface area contributed by atoms with Crippen LogP contribution in [-0.4, -0.2) is 48.7 Å². The van der Waals surface area contributed by atoms with E-state index in [0.717, 1.165) is 6.07 Å². The predicted molar refractivity (Wildman–Crippen MR) is 77.9 cm³/mol. The van der Waals surface area contributed by atoms with Crippen LogP contribution in [0.2, 0.25) is 5.02 Å². The summed E-state index contributed by atoms with van der Waals surface area (Å²) >= 11 is 5.91. The zero-order valence-corrected chi connectivity index (χ0v) is 12.7. The van der Waals surface area contributed by atoms with Crippen LogP contribution in [0.1, 0.15) is 11.6 Å². The number of aliphatic hydroxyl groups excluding tert-OH is 1. The van der Waals surface area contributed by atoms with Crippen molar-refractivity contribution in [1.82, 2.24) is 10.2 Å². The lowest BCUT2D eigenvalue weighted by atomic mass is 9.97. The van der Waals surface area contributed by atoms with Gasteiger partial charge in [-0.05, 0) is 12.1 Å². The van der Waals surface area contributed by atoms with Gasteiger partial charge in [-0.15, -0.1) is 12.4 Å². The van der Waals surface area contributed by atoms with Gasteiger partial charge in [-0.2, -0.15) is 0 Å². The van der Waals surface area contributed by atoms with Gasteiger partial charge in [0.1, 0.15) is 18.5 Å². The van der Waals surface area contributed by atoms with E-state index in [4.69, 9.17) is 16.7 Å². The second kappa shape index (κ2) is 7.65. The molecule has 1 aliphatic rings. The van der Waals surface area contributed by atoms with Crippen LogP contribution >= 0.6 is 24.0 Å². The number of alkyl halides is 2. The van der Waals surface area contributed by atoms with Crippen LogP contribution in [0.5, 0.6) is 0 Å². The number of nitrogens with one attached hydrogen (secondary N) is 1. The summed E-state index contributed by atoms with van der Waals surface area (Å²) in [6.45, 7) is 0.385. The molecular formula is C13H17Cl2F3N2O. The Morgan fingerprint density at radius 3 is 2.48 bits per heavy atom. The molecule has 0 bridgehead atoms. The first-order valence-corrected chi connectivity index (χ1v) is 6.72. The van der Waals surface area contributed by atoms with Crippen molar-refractivity contribution >= 4 is 24.0 Å². The normalized spacial score (nSPS) is 18.1. The molecule has 0 aromatic heterocycles. The van der Waals surface area contributed by atoms with Gasteiger partial charge in [0.05, 0.1) is 0 Å². The summed E-state index contributed by atoms with van der Waals surface area (Å²) in [5.74, 6) is -4.25. The van der Waals surface area contributed by atoms with E-state index >= 15 is 0 Å². The number of piperazine rings is 1. The lowest BCUT2D eigenvalue weighted by Crippen LogP contribution is -2.51. The summed E-state index contributed by atoms with van der Waals surface area (Å²) in [6, 6.07) is 2.28. The summed E-state index contributed by atoms with van der Waals surface area (Å²) in [7, 11) is 0. The molecule has 0 saturated carbocycles. The van der Waals surface area contributed by atoms with Crippen molar-refractivity contribution in [2.45, 2.75) is 12.0 Å². The quantitative estimate of drug-likeness (QED) is 0.880. The van der Waals surface area contributed by atoms with E-state index in [2.05, 4.69) is 5.32 Å². The molecule has 3 nitrogen and oxygen atoms in total. The van der Waals surface area contributed by atoms with E-state index < -0.39 is 24.4 Å². The number of nitrogens with zero attached hydrogens (tertiary/aromatic N) is 1. The van der Waals surface area contributed by atoms with E-state index in [9.17, 15) is 13.2 Å². The highest BCUT2D eigenvalue weighted by atomic mass is 35.5. The Bertz CT molecular complexity index is 450. The highest BCUT2D eigenvalue weighted by molar-refractivity contribution is 6.31. The molecule has 1 aromatic carbocycles. The Morgan fingerprint density at radius 1 is 1.33 bits per heavy atom. The van der Waals surface area contributed by atoms with Crippen molar-refractivity contribution in [3.05, 3.63) is 34.6 Å². The first-order chi connectivity index (χ1) is 9.47. The Morgan fingerprint density at radius 2 is 1.95 bits per heavy atom. The first-order valence-electron chi connectivity index (χ1n) is 6.34. The monoisotopic (exact) mass is 344 g/mol. The second-order valence-corrected chi connectivity index (χ2v) is 5.15. The molecule has 1 aromatic rings. The zero-order chi connectivity index (χ0) is 14.8. The summed E-state index contributed by atoms with van der Waals surface area (Å²) in [4.78, 5) is 1.46. The Hall–Kier alpha value is -0.530. The number of halogens is 5. The summed E-state index contributed by atoms with van der Waals surface area (Å²) in [6.07, 6.45) is 0. The van der Waals surface area contributed by atoms with Gasteiger partial charge in [-0.1, -0.05) is 17.7 Å². The van der Waals surface area contributed by atoms with Crippen molar-refractivity contribution in [2.75, 3.05) is 32.8 Å². The highest BCUT2D eigenvalue weighted by Gasteiger charge is 2.46. The van der Waals surface area contributed by atoms with Crippen molar-refractivity contribution in [3.8, 4) is 0 Å². The van der Waals surface area contributed by atoms with Gasteiger partial charge < -0.3 is 10.4 Å². The third kappa shape index (κ3) is 4.02. The minimum absolute atomic E-state index is 0. The third-order valence-corrected chi connectivity index (χ3v) is 3.73. The SMILES string of the molecule is Cl.OCC(F)(F)[C@@H](c1c(F)cccc1Cl)N1CCNCC1. The summed E-state index contributed by atoms with van der Waals surface area (Å²) in [5.41, 5.74) is -0.255. The molecule has 1 heterocycles. The highest BCUT2D eigenvalue weighted by Crippen LogP contribution is 2.40. The molecule has 1 fully saturated rings. The van der Waals surface area contributed by atoms with E-state index in [1.54, 1.807) is 0 Å². The number of rotatable bonds is 4. The number of benzene rings is 1. The molecule has 0 aliphatic carbocycles. The molecule has 0 unspecified atom stereocenters. The molecule has 120 valence electrons. The van der Waals surface area contributed by atoms with Crippen LogP contribution in [0.3, 0.4) is 0 Å². The molecular weight excluding hydrogens is 328 g/mol. The number of hydrogen-bond acceptors (Lipinski definition) is 3. The maximum Gasteiger partial charge on any atom is 0.290 e. The van der Waals surface area contributed by atoms with Crippen LogP contribution in [-0.2, 0) is 0 Å². The van der Waals surface area contributed by atoms with Gasteiger partial charge in [0.15, 0.2) is 0 Å². The van der Waals surface area contributed by atoms with Crippen molar-refractivity contribution in [2.24, 2.45) is 0 Å². The zero-order valence-electron chi connectivity index (χ0n) is 11.2. The van der Waals surface area contributed by atoms with Gasteiger partial charge in [0, 0.05) is 36.8 Å². The molecule has 1 atom stereocenters. The maximum absolute atomic E-state index is 14.1. The van der Waals surface area contributed by atoms with Gasteiger partial charge in [0.2, 0.25) is 0 Å². The summed E-state index contributed by atoms with van der Waals surface area (Å²) in [5, 5.41) is 12.0. The van der Waals surface area contributed by atoms with E-state index in [1.807, 2.05) is 0 Å². The molecule has 0 radical (unpaired) electrons. The van der Waals surface area contributed by atoms with Crippen LogP contribution in [0.25, 0.3) is 0 Å². The fraction of sp³-hybridized carbons (Fsp3) is 0.538.